The molecule has 1 unspecified atom stereocenters. The molecular weight excluding hydrogens is 382 g/mol. The van der Waals surface area contributed by atoms with Gasteiger partial charge in [0.1, 0.15) is 6.10 Å². The van der Waals surface area contributed by atoms with Gasteiger partial charge in [0.05, 0.1) is 17.8 Å². The van der Waals surface area contributed by atoms with Crippen molar-refractivity contribution in [1.29, 1.82) is 0 Å². The van der Waals surface area contributed by atoms with Gasteiger partial charge in [0.25, 0.3) is 0 Å². The molecule has 6 fully saturated rings. The maximum atomic E-state index is 12.4. The number of hydrogen-bond donors (Lipinski definition) is 2. The van der Waals surface area contributed by atoms with Gasteiger partial charge in [-0.25, -0.2) is 0 Å². The van der Waals surface area contributed by atoms with Gasteiger partial charge in [0, 0.05) is 56.2 Å². The topological polar surface area (TPSA) is 79.2 Å². The van der Waals surface area contributed by atoms with E-state index in [4.69, 9.17) is 9.47 Å². The van der Waals surface area contributed by atoms with Crippen LogP contribution in [0.5, 0.6) is 0 Å². The Labute approximate surface area is 179 Å². The van der Waals surface area contributed by atoms with Crippen LogP contribution in [0.1, 0.15) is 52.9 Å². The zero-order valence-corrected chi connectivity index (χ0v) is 18.7. The summed E-state index contributed by atoms with van der Waals surface area (Å²) < 4.78 is 11.8. The Morgan fingerprint density at radius 1 is 1.27 bits per heavy atom. The lowest BCUT2D eigenvalue weighted by Crippen LogP contribution is -2.75. The van der Waals surface area contributed by atoms with Crippen molar-refractivity contribution in [3.63, 3.8) is 0 Å². The molecule has 5 saturated carbocycles. The summed E-state index contributed by atoms with van der Waals surface area (Å²) in [6, 6.07) is 0.217. The van der Waals surface area contributed by atoms with Crippen molar-refractivity contribution >= 4 is 5.97 Å². The zero-order chi connectivity index (χ0) is 21.2. The third-order valence-corrected chi connectivity index (χ3v) is 11.0. The van der Waals surface area contributed by atoms with E-state index < -0.39 is 5.60 Å². The van der Waals surface area contributed by atoms with Gasteiger partial charge >= 0.3 is 5.97 Å². The van der Waals surface area contributed by atoms with E-state index in [1.54, 1.807) is 7.11 Å². The number of carbonyl (C=O) groups excluding carboxylic acids is 1. The minimum atomic E-state index is -0.899. The van der Waals surface area contributed by atoms with E-state index in [-0.39, 0.29) is 64.8 Å². The second-order valence-electron chi connectivity index (χ2n) is 11.7. The lowest BCUT2D eigenvalue weighted by atomic mass is 9.43. The number of aliphatic hydroxyl groups excluding tert-OH is 1. The van der Waals surface area contributed by atoms with Crippen LogP contribution in [0.2, 0.25) is 0 Å². The third-order valence-electron chi connectivity index (χ3n) is 11.0. The van der Waals surface area contributed by atoms with Crippen molar-refractivity contribution in [1.82, 2.24) is 4.90 Å². The second kappa shape index (κ2) is 6.00. The molecule has 0 amide bonds. The second-order valence-corrected chi connectivity index (χ2v) is 11.7. The molecule has 1 saturated heterocycles. The van der Waals surface area contributed by atoms with Crippen molar-refractivity contribution < 1.29 is 24.5 Å². The van der Waals surface area contributed by atoms with Gasteiger partial charge in [-0.1, -0.05) is 13.8 Å². The first-order valence-corrected chi connectivity index (χ1v) is 12.1. The van der Waals surface area contributed by atoms with Crippen LogP contribution in [0.25, 0.3) is 0 Å². The molecule has 0 aromatic rings. The first-order valence-electron chi connectivity index (χ1n) is 12.1. The van der Waals surface area contributed by atoms with E-state index in [2.05, 4.69) is 18.7 Å². The Morgan fingerprint density at radius 3 is 2.70 bits per heavy atom. The summed E-state index contributed by atoms with van der Waals surface area (Å²) in [5, 5.41) is 24.1. The fourth-order valence-electron chi connectivity index (χ4n) is 10.4. The molecule has 5 aliphatic carbocycles. The fraction of sp³-hybridized carbons (Fsp3) is 0.958. The van der Waals surface area contributed by atoms with Crippen molar-refractivity contribution in [3.05, 3.63) is 0 Å². The van der Waals surface area contributed by atoms with E-state index in [1.165, 1.54) is 6.92 Å². The van der Waals surface area contributed by atoms with Crippen molar-refractivity contribution in [2.24, 2.45) is 40.4 Å². The molecule has 6 rings (SSSR count). The summed E-state index contributed by atoms with van der Waals surface area (Å²) >= 11 is 0. The van der Waals surface area contributed by atoms with Crippen molar-refractivity contribution in [3.8, 4) is 0 Å². The molecule has 30 heavy (non-hydrogen) atoms. The minimum absolute atomic E-state index is 0.0853. The number of hydrogen-bond acceptors (Lipinski definition) is 6. The zero-order valence-electron chi connectivity index (χ0n) is 18.7. The van der Waals surface area contributed by atoms with Crippen LogP contribution in [0.3, 0.4) is 0 Å². The molecule has 6 heteroatoms. The Hall–Kier alpha value is -0.690. The van der Waals surface area contributed by atoms with Crippen LogP contribution in [0.4, 0.5) is 0 Å². The Bertz CT molecular complexity index is 775. The van der Waals surface area contributed by atoms with E-state index in [0.29, 0.717) is 12.3 Å². The average molecular weight is 420 g/mol. The van der Waals surface area contributed by atoms with E-state index in [1.807, 2.05) is 0 Å². The highest BCUT2D eigenvalue weighted by molar-refractivity contribution is 5.66. The number of ether oxygens (including phenoxy) is 2. The van der Waals surface area contributed by atoms with Crippen LogP contribution < -0.4 is 0 Å². The largest absolute Gasteiger partial charge is 0.462 e. The van der Waals surface area contributed by atoms with Gasteiger partial charge in [-0.3, -0.25) is 9.69 Å². The highest BCUT2D eigenvalue weighted by Gasteiger charge is 2.83. The summed E-state index contributed by atoms with van der Waals surface area (Å²) in [6.07, 6.45) is 3.66. The highest BCUT2D eigenvalue weighted by Crippen LogP contribution is 2.78. The molecule has 6 aliphatic rings. The van der Waals surface area contributed by atoms with E-state index in [9.17, 15) is 15.0 Å². The van der Waals surface area contributed by atoms with Gasteiger partial charge < -0.3 is 19.7 Å². The molecule has 7 bridgehead atoms. The van der Waals surface area contributed by atoms with Crippen LogP contribution >= 0.6 is 0 Å². The van der Waals surface area contributed by atoms with Crippen molar-refractivity contribution in [2.45, 2.75) is 82.8 Å². The Kier molecular flexibility index (Phi) is 3.99. The number of rotatable bonds is 3. The fourth-order valence-corrected chi connectivity index (χ4v) is 10.4. The van der Waals surface area contributed by atoms with Crippen LogP contribution in [-0.4, -0.2) is 71.2 Å². The SMILES string of the molecule is CCN1C[C@]2(C)CC[C@H](O)[C@]34C1[C@H](C[C@H]23)[C@@]1(O)C[C@H](OC)[C@H]2C[C@@H]4[C@@H]1[C@H]2OC(C)=O. The number of esters is 1. The minimum Gasteiger partial charge on any atom is -0.462 e. The summed E-state index contributed by atoms with van der Waals surface area (Å²) in [4.78, 5) is 14.6. The summed E-state index contributed by atoms with van der Waals surface area (Å²) in [7, 11) is 1.72. The number of aliphatic hydroxyl groups is 2. The monoisotopic (exact) mass is 419 g/mol. The molecule has 1 spiro atoms. The maximum Gasteiger partial charge on any atom is 0.302 e. The molecule has 168 valence electrons. The molecule has 0 aromatic carbocycles. The molecular formula is C24H37NO5. The van der Waals surface area contributed by atoms with Gasteiger partial charge in [0.15, 0.2) is 0 Å². The number of methoxy groups -OCH3 is 1. The van der Waals surface area contributed by atoms with Crippen molar-refractivity contribution in [2.75, 3.05) is 20.2 Å². The standard InChI is InChI=1S/C24H37NO5/c1-5-25-11-22(3)7-6-18(27)24-14-8-13-16(29-4)10-23(28,15(21(24)25)9-17(22)24)19(14)20(13)30-12(2)26/h13-21,27-28H,5-11H2,1-4H3/t13-,14-,15+,16+,17-,18+,19-,20+,21?,22+,23+,24-/m1/s1. The number of carbonyl (C=O) groups is 1. The summed E-state index contributed by atoms with van der Waals surface area (Å²) in [5.74, 6) is 0.466. The highest BCUT2D eigenvalue weighted by atomic mass is 16.5. The van der Waals surface area contributed by atoms with E-state index >= 15 is 0 Å². The predicted molar refractivity (Wildman–Crippen MR) is 109 cm³/mol. The Morgan fingerprint density at radius 2 is 2.03 bits per heavy atom. The summed E-state index contributed by atoms with van der Waals surface area (Å²) in [6.45, 7) is 8.16. The maximum absolute atomic E-state index is 12.4. The molecule has 12 atom stereocenters. The van der Waals surface area contributed by atoms with Gasteiger partial charge in [-0.2, -0.15) is 0 Å². The molecule has 1 heterocycles. The normalized spacial score (nSPS) is 60.5. The molecule has 1 aliphatic heterocycles. The molecule has 6 nitrogen and oxygen atoms in total. The number of fused-ring (bicyclic) bond motifs is 2. The predicted octanol–water partition coefficient (Wildman–Crippen LogP) is 1.82. The summed E-state index contributed by atoms with van der Waals surface area (Å²) in [5.41, 5.74) is -0.909. The molecule has 2 N–H and O–H groups in total. The number of likely N-dealkylation sites (tertiary alicyclic amines) is 1. The Balaban J connectivity index is 1.57. The molecule has 0 radical (unpaired) electrons. The number of piperidine rings is 1. The third kappa shape index (κ3) is 2.00. The van der Waals surface area contributed by atoms with Crippen LogP contribution in [-0.2, 0) is 14.3 Å². The van der Waals surface area contributed by atoms with Gasteiger partial charge in [0.2, 0.25) is 0 Å². The van der Waals surface area contributed by atoms with Gasteiger partial charge in [-0.15, -0.1) is 0 Å². The van der Waals surface area contributed by atoms with Crippen LogP contribution in [0.15, 0.2) is 0 Å². The average Bonchev–Trinajstić information content (AvgIpc) is 3.15. The van der Waals surface area contributed by atoms with Crippen LogP contribution in [0, 0.1) is 40.4 Å². The lowest BCUT2D eigenvalue weighted by Gasteiger charge is -2.68. The van der Waals surface area contributed by atoms with E-state index in [0.717, 1.165) is 38.8 Å². The smallest absolute Gasteiger partial charge is 0.302 e. The lowest BCUT2D eigenvalue weighted by molar-refractivity contribution is -0.268. The quantitative estimate of drug-likeness (QED) is 0.680. The number of nitrogens with zero attached hydrogens (tertiary/aromatic N) is 1. The molecule has 0 aromatic heterocycles. The first-order chi connectivity index (χ1) is 14.2. The van der Waals surface area contributed by atoms with Gasteiger partial charge in [-0.05, 0) is 49.5 Å². The first kappa shape index (κ1) is 20.0.